The first-order valence-corrected chi connectivity index (χ1v) is 7.84. The van der Waals surface area contributed by atoms with Gasteiger partial charge < -0.3 is 14.8 Å². The standard InChI is InChI=1S/C17H15NO3S/c19-15(20)11-22-17-14-9-5-4-8-13(14)16(21)18(17)10-12-6-2-1-3-7-12/h1-9,21H,10-11H2,(H,19,20). The van der Waals surface area contributed by atoms with Crippen LogP contribution >= 0.6 is 11.8 Å². The van der Waals surface area contributed by atoms with Crippen LogP contribution in [0, 0.1) is 0 Å². The van der Waals surface area contributed by atoms with Crippen LogP contribution in [0.4, 0.5) is 0 Å². The Hall–Kier alpha value is -2.40. The lowest BCUT2D eigenvalue weighted by Crippen LogP contribution is -2.03. The van der Waals surface area contributed by atoms with Crippen molar-refractivity contribution in [3.05, 3.63) is 60.2 Å². The molecule has 1 aromatic heterocycles. The number of aliphatic carboxylic acids is 1. The minimum Gasteiger partial charge on any atom is -0.494 e. The average molecular weight is 313 g/mol. The zero-order chi connectivity index (χ0) is 15.5. The van der Waals surface area contributed by atoms with Gasteiger partial charge in [0.2, 0.25) is 0 Å². The van der Waals surface area contributed by atoms with E-state index in [2.05, 4.69) is 0 Å². The lowest BCUT2D eigenvalue weighted by atomic mass is 10.2. The fourth-order valence-electron chi connectivity index (χ4n) is 2.45. The average Bonchev–Trinajstić information content (AvgIpc) is 2.79. The van der Waals surface area contributed by atoms with Crippen molar-refractivity contribution in [1.29, 1.82) is 0 Å². The molecule has 0 saturated heterocycles. The SMILES string of the molecule is O=C(O)CSc1c2ccccc2c(O)n1Cc1ccccc1. The second-order valence-corrected chi connectivity index (χ2v) is 5.89. The number of benzene rings is 2. The van der Waals surface area contributed by atoms with E-state index in [9.17, 15) is 9.90 Å². The first-order chi connectivity index (χ1) is 10.7. The molecular weight excluding hydrogens is 298 g/mol. The van der Waals surface area contributed by atoms with Crippen molar-refractivity contribution in [2.75, 3.05) is 5.75 Å². The fraction of sp³-hybridized carbons (Fsp3) is 0.118. The lowest BCUT2D eigenvalue weighted by molar-refractivity contribution is -0.133. The van der Waals surface area contributed by atoms with Crippen molar-refractivity contribution >= 4 is 28.5 Å². The van der Waals surface area contributed by atoms with E-state index in [0.717, 1.165) is 21.4 Å². The molecule has 0 saturated carbocycles. The first-order valence-electron chi connectivity index (χ1n) is 6.85. The van der Waals surface area contributed by atoms with Crippen LogP contribution < -0.4 is 0 Å². The summed E-state index contributed by atoms with van der Waals surface area (Å²) in [7, 11) is 0. The number of thioether (sulfide) groups is 1. The normalized spacial score (nSPS) is 10.9. The van der Waals surface area contributed by atoms with Crippen molar-refractivity contribution in [2.45, 2.75) is 11.6 Å². The number of rotatable bonds is 5. The second-order valence-electron chi connectivity index (χ2n) is 4.93. The predicted octanol–water partition coefficient (Wildman–Crippen LogP) is 3.57. The van der Waals surface area contributed by atoms with Crippen molar-refractivity contribution in [3.63, 3.8) is 0 Å². The van der Waals surface area contributed by atoms with Crippen molar-refractivity contribution in [2.24, 2.45) is 0 Å². The molecule has 0 amide bonds. The van der Waals surface area contributed by atoms with Gasteiger partial charge in [-0.15, -0.1) is 0 Å². The smallest absolute Gasteiger partial charge is 0.313 e. The molecule has 5 heteroatoms. The summed E-state index contributed by atoms with van der Waals surface area (Å²) in [5, 5.41) is 21.8. The van der Waals surface area contributed by atoms with Crippen LogP contribution in [0.25, 0.3) is 10.8 Å². The molecule has 0 fully saturated rings. The third-order valence-corrected chi connectivity index (χ3v) is 4.52. The van der Waals surface area contributed by atoms with Gasteiger partial charge in [0.05, 0.1) is 17.3 Å². The second kappa shape index (κ2) is 6.15. The van der Waals surface area contributed by atoms with Gasteiger partial charge in [0, 0.05) is 10.8 Å². The van der Waals surface area contributed by atoms with Gasteiger partial charge in [-0.3, -0.25) is 4.79 Å². The third kappa shape index (κ3) is 2.80. The fourth-order valence-corrected chi connectivity index (χ4v) is 3.35. The number of aromatic nitrogens is 1. The van der Waals surface area contributed by atoms with Crippen molar-refractivity contribution < 1.29 is 15.0 Å². The molecule has 3 rings (SSSR count). The molecule has 2 N–H and O–H groups in total. The Balaban J connectivity index is 2.08. The summed E-state index contributed by atoms with van der Waals surface area (Å²) in [6.07, 6.45) is 0. The summed E-state index contributed by atoms with van der Waals surface area (Å²) >= 11 is 1.23. The van der Waals surface area contributed by atoms with Crippen LogP contribution in [-0.4, -0.2) is 26.5 Å². The van der Waals surface area contributed by atoms with Crippen molar-refractivity contribution in [3.8, 4) is 5.88 Å². The molecule has 112 valence electrons. The van der Waals surface area contributed by atoms with Gasteiger partial charge in [-0.25, -0.2) is 0 Å². The van der Waals surface area contributed by atoms with Crippen molar-refractivity contribution in [1.82, 2.24) is 4.57 Å². The number of hydrogen-bond acceptors (Lipinski definition) is 3. The minimum atomic E-state index is -0.874. The Morgan fingerprint density at radius 1 is 1.00 bits per heavy atom. The number of fused-ring (bicyclic) bond motifs is 1. The lowest BCUT2D eigenvalue weighted by Gasteiger charge is -2.10. The van der Waals surface area contributed by atoms with E-state index >= 15 is 0 Å². The minimum absolute atomic E-state index is 0.0394. The Kier molecular flexibility index (Phi) is 4.06. The summed E-state index contributed by atoms with van der Waals surface area (Å²) in [4.78, 5) is 10.9. The van der Waals surface area contributed by atoms with E-state index < -0.39 is 5.97 Å². The van der Waals surface area contributed by atoms with Gasteiger partial charge in [0.1, 0.15) is 0 Å². The van der Waals surface area contributed by atoms with Gasteiger partial charge in [0.15, 0.2) is 5.88 Å². The van der Waals surface area contributed by atoms with Gasteiger partial charge in [-0.05, 0) is 11.6 Å². The van der Waals surface area contributed by atoms with Gasteiger partial charge >= 0.3 is 5.97 Å². The summed E-state index contributed by atoms with van der Waals surface area (Å²) < 4.78 is 1.77. The molecule has 0 radical (unpaired) electrons. The maximum Gasteiger partial charge on any atom is 0.313 e. The molecule has 0 atom stereocenters. The zero-order valence-electron chi connectivity index (χ0n) is 11.8. The molecule has 3 aromatic rings. The third-order valence-electron chi connectivity index (χ3n) is 3.42. The van der Waals surface area contributed by atoms with Crippen LogP contribution in [0.2, 0.25) is 0 Å². The van der Waals surface area contributed by atoms with Crippen LogP contribution in [-0.2, 0) is 11.3 Å². The number of hydrogen-bond donors (Lipinski definition) is 2. The monoisotopic (exact) mass is 313 g/mol. The molecule has 2 aromatic carbocycles. The maximum atomic E-state index is 10.9. The highest BCUT2D eigenvalue weighted by atomic mass is 32.2. The van der Waals surface area contributed by atoms with E-state index in [4.69, 9.17) is 5.11 Å². The Labute approximate surface area is 132 Å². The van der Waals surface area contributed by atoms with E-state index in [1.807, 2.05) is 54.6 Å². The number of carbonyl (C=O) groups is 1. The van der Waals surface area contributed by atoms with E-state index in [1.165, 1.54) is 11.8 Å². The van der Waals surface area contributed by atoms with Crippen LogP contribution in [0.3, 0.4) is 0 Å². The number of carboxylic acid groups (broad SMARTS) is 1. The number of aromatic hydroxyl groups is 1. The number of carboxylic acids is 1. The molecule has 0 bridgehead atoms. The molecule has 1 heterocycles. The molecule has 0 aliphatic rings. The maximum absolute atomic E-state index is 10.9. The Morgan fingerprint density at radius 2 is 1.64 bits per heavy atom. The number of nitrogens with zero attached hydrogens (tertiary/aromatic N) is 1. The van der Waals surface area contributed by atoms with Crippen LogP contribution in [0.15, 0.2) is 59.6 Å². The van der Waals surface area contributed by atoms with Gasteiger partial charge in [-0.2, -0.15) is 0 Å². The van der Waals surface area contributed by atoms with E-state index in [1.54, 1.807) is 4.57 Å². The summed E-state index contributed by atoms with van der Waals surface area (Å²) in [6.45, 7) is 0.503. The quantitative estimate of drug-likeness (QED) is 0.707. The molecular formula is C17H15NO3S. The van der Waals surface area contributed by atoms with Crippen LogP contribution in [0.1, 0.15) is 5.56 Å². The molecule has 4 nitrogen and oxygen atoms in total. The highest BCUT2D eigenvalue weighted by molar-refractivity contribution is 8.00. The van der Waals surface area contributed by atoms with E-state index in [0.29, 0.717) is 6.54 Å². The zero-order valence-corrected chi connectivity index (χ0v) is 12.6. The molecule has 0 aliphatic carbocycles. The summed E-state index contributed by atoms with van der Waals surface area (Å²) in [5.74, 6) is -0.740. The van der Waals surface area contributed by atoms with Gasteiger partial charge in [0.25, 0.3) is 0 Å². The Bertz CT molecular complexity index is 811. The molecule has 0 aliphatic heterocycles. The summed E-state index contributed by atoms with van der Waals surface area (Å²) in [5.41, 5.74) is 1.05. The predicted molar refractivity (Wildman–Crippen MR) is 87.5 cm³/mol. The largest absolute Gasteiger partial charge is 0.494 e. The van der Waals surface area contributed by atoms with E-state index in [-0.39, 0.29) is 11.6 Å². The molecule has 22 heavy (non-hydrogen) atoms. The van der Waals surface area contributed by atoms with Gasteiger partial charge in [-0.1, -0.05) is 60.3 Å². The highest BCUT2D eigenvalue weighted by Gasteiger charge is 2.17. The molecule has 0 unspecified atom stereocenters. The highest BCUT2D eigenvalue weighted by Crippen LogP contribution is 2.37. The first kappa shape index (κ1) is 14.5. The molecule has 0 spiro atoms. The Morgan fingerprint density at radius 3 is 2.32 bits per heavy atom. The summed E-state index contributed by atoms with van der Waals surface area (Å²) in [6, 6.07) is 17.3. The van der Waals surface area contributed by atoms with Crippen LogP contribution in [0.5, 0.6) is 5.88 Å². The topological polar surface area (TPSA) is 62.5 Å².